The number of hydrogen-bond acceptors (Lipinski definition) is 6. The van der Waals surface area contributed by atoms with Crippen LogP contribution in [0, 0.1) is 6.92 Å². The lowest BCUT2D eigenvalue weighted by atomic mass is 10.0. The maximum Gasteiger partial charge on any atom is 0.350 e. The first-order valence-corrected chi connectivity index (χ1v) is 11.4. The topological polar surface area (TPSA) is 100 Å². The molecule has 0 radical (unpaired) electrons. The average molecular weight is 478 g/mol. The van der Waals surface area contributed by atoms with Crippen molar-refractivity contribution in [2.45, 2.75) is 19.9 Å². The Morgan fingerprint density at radius 3 is 2.79 bits per heavy atom. The molecule has 1 aliphatic rings. The van der Waals surface area contributed by atoms with Gasteiger partial charge >= 0.3 is 5.69 Å². The van der Waals surface area contributed by atoms with Crippen LogP contribution in [0.5, 0.6) is 0 Å². The molecular formula is C24H24ClN7O2. The monoisotopic (exact) mass is 477 g/mol. The van der Waals surface area contributed by atoms with E-state index >= 15 is 0 Å². The van der Waals surface area contributed by atoms with Crippen molar-refractivity contribution < 1.29 is 4.79 Å². The van der Waals surface area contributed by atoms with Gasteiger partial charge < -0.3 is 9.80 Å². The van der Waals surface area contributed by atoms with Gasteiger partial charge in [0.05, 0.1) is 27.8 Å². The highest BCUT2D eigenvalue weighted by Crippen LogP contribution is 2.37. The molecule has 4 heterocycles. The maximum absolute atomic E-state index is 12.9. The quantitative estimate of drug-likeness (QED) is 0.455. The normalized spacial score (nSPS) is 16.4. The lowest BCUT2D eigenvalue weighted by Gasteiger charge is -2.40. The van der Waals surface area contributed by atoms with Crippen LogP contribution in [0.3, 0.4) is 0 Å². The van der Waals surface area contributed by atoms with Gasteiger partial charge in [-0.1, -0.05) is 24.2 Å². The van der Waals surface area contributed by atoms with E-state index in [9.17, 15) is 9.59 Å². The van der Waals surface area contributed by atoms with Crippen molar-refractivity contribution in [1.29, 1.82) is 0 Å². The van der Waals surface area contributed by atoms with Crippen LogP contribution in [0.1, 0.15) is 12.5 Å². The van der Waals surface area contributed by atoms with E-state index in [0.29, 0.717) is 47.2 Å². The summed E-state index contributed by atoms with van der Waals surface area (Å²) in [5, 5.41) is 9.19. The number of carbonyl (C=O) groups excluding carboxylic acids is 1. The van der Waals surface area contributed by atoms with E-state index in [2.05, 4.69) is 21.8 Å². The summed E-state index contributed by atoms with van der Waals surface area (Å²) in [7, 11) is 1.65. The summed E-state index contributed by atoms with van der Waals surface area (Å²) >= 11 is 6.81. The molecule has 0 spiro atoms. The van der Waals surface area contributed by atoms with Crippen LogP contribution in [0.25, 0.3) is 33.2 Å². The van der Waals surface area contributed by atoms with Crippen LogP contribution >= 0.6 is 11.6 Å². The number of halogens is 1. The third kappa shape index (κ3) is 3.43. The molecule has 3 aromatic heterocycles. The molecule has 0 saturated carbocycles. The Kier molecular flexibility index (Phi) is 5.36. The molecule has 1 fully saturated rings. The summed E-state index contributed by atoms with van der Waals surface area (Å²) in [4.78, 5) is 37.9. The number of anilines is 1. The number of nitrogens with zero attached hydrogens (tertiary/aromatic N) is 6. The summed E-state index contributed by atoms with van der Waals surface area (Å²) in [5.41, 5.74) is 3.42. The SMILES string of the molecule is C=CC(=O)N1CCN(c2nc(=O)n(C)c3nc(-c4c(C)ccc5[nH]ncc45)c(Cl)cc23)[C@@H](C)C1. The van der Waals surface area contributed by atoms with Crippen LogP contribution < -0.4 is 10.6 Å². The second-order valence-electron chi connectivity index (χ2n) is 8.59. The van der Waals surface area contributed by atoms with Crippen LogP contribution in [-0.4, -0.2) is 61.2 Å². The molecule has 1 atom stereocenters. The van der Waals surface area contributed by atoms with Gasteiger partial charge in [0.1, 0.15) is 11.5 Å². The summed E-state index contributed by atoms with van der Waals surface area (Å²) in [5.74, 6) is 0.418. The van der Waals surface area contributed by atoms with Crippen LogP contribution in [0.15, 0.2) is 41.8 Å². The first-order chi connectivity index (χ1) is 16.3. The number of pyridine rings is 1. The van der Waals surface area contributed by atoms with Gasteiger partial charge in [-0.25, -0.2) is 9.78 Å². The summed E-state index contributed by atoms with van der Waals surface area (Å²) in [6.45, 7) is 9.11. The van der Waals surface area contributed by atoms with Gasteiger partial charge in [-0.3, -0.25) is 14.5 Å². The van der Waals surface area contributed by atoms with Gasteiger partial charge in [-0.2, -0.15) is 10.1 Å². The van der Waals surface area contributed by atoms with Gasteiger partial charge in [0.15, 0.2) is 0 Å². The molecule has 4 aromatic rings. The van der Waals surface area contributed by atoms with Crippen molar-refractivity contribution >= 4 is 45.3 Å². The standard InChI is InChI=1S/C24H24ClN7O2/c1-5-19(33)31-8-9-32(14(3)12-31)23-15-10-17(25)21(27-22(15)30(4)24(34)28-23)20-13(2)6-7-18-16(20)11-26-29-18/h5-7,10-11,14H,1,8-9,12H2,2-4H3,(H,26,29)/t14-/m0/s1. The Bertz CT molecular complexity index is 1520. The molecule has 10 heteroatoms. The highest BCUT2D eigenvalue weighted by Gasteiger charge is 2.29. The molecule has 1 amide bonds. The van der Waals surface area contributed by atoms with Gasteiger partial charge in [-0.05, 0) is 37.6 Å². The smallest absolute Gasteiger partial charge is 0.350 e. The van der Waals surface area contributed by atoms with Crippen LogP contribution in [0.4, 0.5) is 5.82 Å². The van der Waals surface area contributed by atoms with E-state index in [1.54, 1.807) is 18.1 Å². The first-order valence-electron chi connectivity index (χ1n) is 11.0. The van der Waals surface area contributed by atoms with E-state index in [-0.39, 0.29) is 11.9 Å². The van der Waals surface area contributed by atoms with E-state index in [4.69, 9.17) is 16.6 Å². The number of fused-ring (bicyclic) bond motifs is 2. The van der Waals surface area contributed by atoms with Crippen molar-refractivity contribution in [2.24, 2.45) is 7.05 Å². The van der Waals surface area contributed by atoms with Gasteiger partial charge in [0.2, 0.25) is 5.91 Å². The average Bonchev–Trinajstić information content (AvgIpc) is 3.30. The summed E-state index contributed by atoms with van der Waals surface area (Å²) < 4.78 is 1.44. The number of rotatable bonds is 3. The van der Waals surface area contributed by atoms with Crippen molar-refractivity contribution in [3.05, 3.63) is 58.1 Å². The number of hydrogen-bond donors (Lipinski definition) is 1. The van der Waals surface area contributed by atoms with Crippen molar-refractivity contribution in [3.63, 3.8) is 0 Å². The lowest BCUT2D eigenvalue weighted by molar-refractivity contribution is -0.126. The predicted octanol–water partition coefficient (Wildman–Crippen LogP) is 3.06. The molecule has 1 aromatic carbocycles. The number of piperazine rings is 1. The van der Waals surface area contributed by atoms with E-state index < -0.39 is 5.69 Å². The predicted molar refractivity (Wildman–Crippen MR) is 133 cm³/mol. The molecule has 1 saturated heterocycles. The Hall–Kier alpha value is -3.72. The molecule has 174 valence electrons. The highest BCUT2D eigenvalue weighted by atomic mass is 35.5. The largest absolute Gasteiger partial charge is 0.350 e. The van der Waals surface area contributed by atoms with Crippen LogP contribution in [-0.2, 0) is 11.8 Å². The zero-order valence-electron chi connectivity index (χ0n) is 19.2. The van der Waals surface area contributed by atoms with Gasteiger partial charge in [0, 0.05) is 43.7 Å². The Morgan fingerprint density at radius 1 is 1.26 bits per heavy atom. The first kappa shape index (κ1) is 22.1. The number of carbonyl (C=O) groups is 1. The zero-order valence-corrected chi connectivity index (χ0v) is 19.9. The minimum Gasteiger partial charge on any atom is -0.350 e. The van der Waals surface area contributed by atoms with E-state index in [1.807, 2.05) is 36.9 Å². The molecule has 1 aliphatic heterocycles. The molecule has 9 nitrogen and oxygen atoms in total. The molecule has 0 unspecified atom stereocenters. The second kappa shape index (κ2) is 8.25. The number of aromatic nitrogens is 5. The number of amides is 1. The maximum atomic E-state index is 12.9. The number of aryl methyl sites for hydroxylation is 2. The van der Waals surface area contributed by atoms with Crippen molar-refractivity contribution in [1.82, 2.24) is 29.6 Å². The fraction of sp³-hybridized carbons (Fsp3) is 0.292. The summed E-state index contributed by atoms with van der Waals surface area (Å²) in [6, 6.07) is 5.72. The molecule has 5 rings (SSSR count). The number of aromatic amines is 1. The lowest BCUT2D eigenvalue weighted by Crippen LogP contribution is -2.54. The fourth-order valence-corrected chi connectivity index (χ4v) is 4.90. The van der Waals surface area contributed by atoms with E-state index in [1.165, 1.54) is 10.6 Å². The Labute approximate surface area is 200 Å². The third-order valence-corrected chi connectivity index (χ3v) is 6.75. The zero-order chi connectivity index (χ0) is 24.1. The van der Waals surface area contributed by atoms with Crippen molar-refractivity contribution in [3.8, 4) is 11.3 Å². The number of nitrogens with one attached hydrogen (secondary N) is 1. The van der Waals surface area contributed by atoms with E-state index in [0.717, 1.165) is 22.0 Å². The minimum atomic E-state index is -0.404. The highest BCUT2D eigenvalue weighted by molar-refractivity contribution is 6.34. The van der Waals surface area contributed by atoms with Crippen molar-refractivity contribution in [2.75, 3.05) is 24.5 Å². The van der Waals surface area contributed by atoms with Crippen LogP contribution in [0.2, 0.25) is 5.02 Å². The molecule has 1 N–H and O–H groups in total. The van der Waals surface area contributed by atoms with Gasteiger partial charge in [0.25, 0.3) is 0 Å². The second-order valence-corrected chi connectivity index (χ2v) is 8.99. The molecule has 0 bridgehead atoms. The van der Waals surface area contributed by atoms with Gasteiger partial charge in [-0.15, -0.1) is 0 Å². The summed E-state index contributed by atoms with van der Waals surface area (Å²) in [6.07, 6.45) is 3.07. The molecule has 34 heavy (non-hydrogen) atoms. The molecule has 0 aliphatic carbocycles. The molecular weight excluding hydrogens is 454 g/mol. The number of H-pyrrole nitrogens is 1. The fourth-order valence-electron chi connectivity index (χ4n) is 4.65. The minimum absolute atomic E-state index is 0.0548. The third-order valence-electron chi connectivity index (χ3n) is 6.46. The number of benzene rings is 1. The Balaban J connectivity index is 1.68. The Morgan fingerprint density at radius 2 is 2.06 bits per heavy atom.